The second kappa shape index (κ2) is 4.70. The Labute approximate surface area is 116 Å². The molecule has 1 fully saturated rings. The van der Waals surface area contributed by atoms with Crippen molar-refractivity contribution in [2.45, 2.75) is 38.2 Å². The van der Waals surface area contributed by atoms with Crippen LogP contribution in [0.1, 0.15) is 43.2 Å². The third kappa shape index (κ3) is 2.14. The SMILES string of the molecule is CC1CCC(O)(C(=O)c2cc3cccc(F)c3o2)CC1. The molecular weight excluding hydrogens is 259 g/mol. The predicted molar refractivity (Wildman–Crippen MR) is 73.1 cm³/mol. The molecule has 0 aliphatic heterocycles. The van der Waals surface area contributed by atoms with E-state index >= 15 is 0 Å². The molecule has 2 aromatic rings. The van der Waals surface area contributed by atoms with Crippen molar-refractivity contribution in [2.75, 3.05) is 0 Å². The van der Waals surface area contributed by atoms with Gasteiger partial charge in [-0.15, -0.1) is 0 Å². The zero-order valence-electron chi connectivity index (χ0n) is 11.4. The van der Waals surface area contributed by atoms with E-state index in [-0.39, 0.29) is 11.3 Å². The number of hydrogen-bond acceptors (Lipinski definition) is 3. The van der Waals surface area contributed by atoms with Crippen LogP contribution in [0.25, 0.3) is 11.0 Å². The molecule has 0 unspecified atom stereocenters. The molecule has 1 heterocycles. The van der Waals surface area contributed by atoms with Crippen molar-refractivity contribution in [3.8, 4) is 0 Å². The number of carbonyl (C=O) groups is 1. The zero-order chi connectivity index (χ0) is 14.3. The van der Waals surface area contributed by atoms with Crippen molar-refractivity contribution in [3.05, 3.63) is 35.8 Å². The van der Waals surface area contributed by atoms with Gasteiger partial charge in [0.1, 0.15) is 5.60 Å². The minimum absolute atomic E-state index is 0.0437. The fourth-order valence-corrected chi connectivity index (χ4v) is 2.84. The fraction of sp³-hybridized carbons (Fsp3) is 0.438. The third-order valence-corrected chi connectivity index (χ3v) is 4.24. The number of Topliss-reactive ketones (excluding diaryl/α,β-unsaturated/α-hetero) is 1. The molecule has 0 bridgehead atoms. The number of benzene rings is 1. The predicted octanol–water partition coefficient (Wildman–Crippen LogP) is 3.70. The number of ketones is 1. The van der Waals surface area contributed by atoms with Gasteiger partial charge in [-0.1, -0.05) is 19.1 Å². The van der Waals surface area contributed by atoms with Gasteiger partial charge in [-0.25, -0.2) is 4.39 Å². The largest absolute Gasteiger partial charge is 0.450 e. The van der Waals surface area contributed by atoms with Gasteiger partial charge in [-0.2, -0.15) is 0 Å². The van der Waals surface area contributed by atoms with E-state index in [0.29, 0.717) is 24.1 Å². The van der Waals surface area contributed by atoms with E-state index in [1.165, 1.54) is 12.1 Å². The van der Waals surface area contributed by atoms with E-state index in [9.17, 15) is 14.3 Å². The van der Waals surface area contributed by atoms with E-state index in [2.05, 4.69) is 6.92 Å². The topological polar surface area (TPSA) is 50.4 Å². The molecule has 3 rings (SSSR count). The Bertz CT molecular complexity index is 651. The standard InChI is InChI=1S/C16H17FO3/c1-10-5-7-16(19,8-6-10)15(18)13-9-11-3-2-4-12(17)14(11)20-13/h2-4,9-10,19H,5-8H2,1H3. The Morgan fingerprint density at radius 3 is 2.75 bits per heavy atom. The average Bonchev–Trinajstić information content (AvgIpc) is 2.87. The third-order valence-electron chi connectivity index (χ3n) is 4.24. The summed E-state index contributed by atoms with van der Waals surface area (Å²) in [6.45, 7) is 2.11. The van der Waals surface area contributed by atoms with Crippen LogP contribution >= 0.6 is 0 Å². The van der Waals surface area contributed by atoms with Crippen LogP contribution in [0.2, 0.25) is 0 Å². The summed E-state index contributed by atoms with van der Waals surface area (Å²) >= 11 is 0. The maximum absolute atomic E-state index is 13.6. The lowest BCUT2D eigenvalue weighted by Crippen LogP contribution is -2.41. The summed E-state index contributed by atoms with van der Waals surface area (Å²) < 4.78 is 18.9. The van der Waals surface area contributed by atoms with E-state index < -0.39 is 17.2 Å². The molecule has 4 heteroatoms. The lowest BCUT2D eigenvalue weighted by molar-refractivity contribution is 0.00222. The van der Waals surface area contributed by atoms with Gasteiger partial charge >= 0.3 is 0 Å². The summed E-state index contributed by atoms with van der Waals surface area (Å²) in [5.74, 6) is -0.357. The molecule has 0 saturated heterocycles. The first-order valence-corrected chi connectivity index (χ1v) is 6.95. The molecular formula is C16H17FO3. The number of hydrogen-bond donors (Lipinski definition) is 1. The highest BCUT2D eigenvalue weighted by Gasteiger charge is 2.40. The molecule has 1 aliphatic carbocycles. The minimum Gasteiger partial charge on any atom is -0.450 e. The lowest BCUT2D eigenvalue weighted by atomic mass is 9.77. The quantitative estimate of drug-likeness (QED) is 0.851. The monoisotopic (exact) mass is 276 g/mol. The van der Waals surface area contributed by atoms with E-state index in [0.717, 1.165) is 12.8 Å². The Hall–Kier alpha value is -1.68. The van der Waals surface area contributed by atoms with Gasteiger partial charge < -0.3 is 9.52 Å². The average molecular weight is 276 g/mol. The summed E-state index contributed by atoms with van der Waals surface area (Å²) in [5.41, 5.74) is -1.29. The molecule has 0 radical (unpaired) electrons. The highest BCUT2D eigenvalue weighted by atomic mass is 19.1. The number of halogens is 1. The smallest absolute Gasteiger partial charge is 0.229 e. The molecule has 1 aromatic heterocycles. The van der Waals surface area contributed by atoms with E-state index in [1.54, 1.807) is 12.1 Å². The zero-order valence-corrected chi connectivity index (χ0v) is 11.4. The van der Waals surface area contributed by atoms with Gasteiger partial charge in [-0.3, -0.25) is 4.79 Å². The Morgan fingerprint density at radius 2 is 2.10 bits per heavy atom. The van der Waals surface area contributed by atoms with E-state index in [1.807, 2.05) is 0 Å². The van der Waals surface area contributed by atoms with Crippen LogP contribution in [-0.4, -0.2) is 16.5 Å². The van der Waals surface area contributed by atoms with Crippen LogP contribution in [0.5, 0.6) is 0 Å². The van der Waals surface area contributed by atoms with Gasteiger partial charge in [0.15, 0.2) is 17.2 Å². The van der Waals surface area contributed by atoms with Crippen molar-refractivity contribution in [1.82, 2.24) is 0 Å². The Kier molecular flexibility index (Phi) is 3.13. The molecule has 0 atom stereocenters. The van der Waals surface area contributed by atoms with Crippen LogP contribution in [0, 0.1) is 11.7 Å². The minimum atomic E-state index is -1.36. The van der Waals surface area contributed by atoms with Gasteiger partial charge in [0, 0.05) is 5.39 Å². The molecule has 20 heavy (non-hydrogen) atoms. The number of carbonyl (C=O) groups excluding carboxylic acids is 1. The van der Waals surface area contributed by atoms with Crippen LogP contribution in [0.15, 0.2) is 28.7 Å². The fourth-order valence-electron chi connectivity index (χ4n) is 2.84. The maximum Gasteiger partial charge on any atom is 0.229 e. The second-order valence-electron chi connectivity index (χ2n) is 5.81. The summed E-state index contributed by atoms with van der Waals surface area (Å²) in [5, 5.41) is 11.0. The van der Waals surface area contributed by atoms with Crippen LogP contribution in [0.3, 0.4) is 0 Å². The van der Waals surface area contributed by atoms with Crippen molar-refractivity contribution in [3.63, 3.8) is 0 Å². The second-order valence-corrected chi connectivity index (χ2v) is 5.81. The Balaban J connectivity index is 1.94. The van der Waals surface area contributed by atoms with Crippen molar-refractivity contribution < 1.29 is 18.7 Å². The van der Waals surface area contributed by atoms with Gasteiger partial charge in [0.2, 0.25) is 5.78 Å². The molecule has 1 N–H and O–H groups in total. The van der Waals surface area contributed by atoms with Gasteiger partial charge in [0.05, 0.1) is 0 Å². The Morgan fingerprint density at radius 1 is 1.40 bits per heavy atom. The lowest BCUT2D eigenvalue weighted by Gasteiger charge is -2.32. The van der Waals surface area contributed by atoms with Crippen molar-refractivity contribution in [1.29, 1.82) is 0 Å². The number of aliphatic hydroxyl groups is 1. The number of fused-ring (bicyclic) bond motifs is 1. The summed E-state index contributed by atoms with van der Waals surface area (Å²) in [7, 11) is 0. The normalized spacial score (nSPS) is 26.9. The summed E-state index contributed by atoms with van der Waals surface area (Å²) in [4.78, 5) is 12.4. The number of rotatable bonds is 2. The molecule has 1 aliphatic rings. The molecule has 0 amide bonds. The summed E-state index contributed by atoms with van der Waals surface area (Å²) in [6.07, 6.45) is 2.51. The van der Waals surface area contributed by atoms with Gasteiger partial charge in [0.25, 0.3) is 0 Å². The molecule has 1 aromatic carbocycles. The molecule has 0 spiro atoms. The number of para-hydroxylation sites is 1. The number of furan rings is 1. The maximum atomic E-state index is 13.6. The van der Waals surface area contributed by atoms with Gasteiger partial charge in [-0.05, 0) is 43.7 Å². The first-order valence-electron chi connectivity index (χ1n) is 6.95. The van der Waals surface area contributed by atoms with Crippen LogP contribution < -0.4 is 0 Å². The van der Waals surface area contributed by atoms with Crippen molar-refractivity contribution in [2.24, 2.45) is 5.92 Å². The van der Waals surface area contributed by atoms with E-state index in [4.69, 9.17) is 4.42 Å². The molecule has 1 saturated carbocycles. The summed E-state index contributed by atoms with van der Waals surface area (Å²) in [6, 6.07) is 6.05. The van der Waals surface area contributed by atoms with Crippen LogP contribution in [0.4, 0.5) is 4.39 Å². The first-order chi connectivity index (χ1) is 9.49. The molecule has 3 nitrogen and oxygen atoms in total. The van der Waals surface area contributed by atoms with Crippen molar-refractivity contribution >= 4 is 16.8 Å². The molecule has 106 valence electrons. The highest BCUT2D eigenvalue weighted by molar-refractivity contribution is 6.03. The first kappa shape index (κ1) is 13.3. The highest BCUT2D eigenvalue weighted by Crippen LogP contribution is 2.35. The van der Waals surface area contributed by atoms with Crippen LogP contribution in [-0.2, 0) is 0 Å².